The third-order valence-electron chi connectivity index (χ3n) is 4.34. The van der Waals surface area contributed by atoms with Crippen LogP contribution in [0, 0.1) is 0 Å². The molecule has 2 heterocycles. The first-order chi connectivity index (χ1) is 11.2. The van der Waals surface area contributed by atoms with Crippen molar-refractivity contribution in [2.75, 3.05) is 24.7 Å². The Bertz CT molecular complexity index is 601. The van der Waals surface area contributed by atoms with Crippen molar-refractivity contribution in [3.63, 3.8) is 0 Å². The van der Waals surface area contributed by atoms with Gasteiger partial charge in [-0.3, -0.25) is 9.59 Å². The number of carbonyl (C=O) groups excluding carboxylic acids is 2. The van der Waals surface area contributed by atoms with Gasteiger partial charge in [-0.1, -0.05) is 0 Å². The second-order valence-electron chi connectivity index (χ2n) is 5.88. The van der Waals surface area contributed by atoms with Crippen LogP contribution >= 0.6 is 11.8 Å². The summed E-state index contributed by atoms with van der Waals surface area (Å²) in [7, 11) is 0. The highest BCUT2D eigenvalue weighted by molar-refractivity contribution is 7.99. The number of nitrogens with zero attached hydrogens (tertiary/aromatic N) is 4. The zero-order valence-electron chi connectivity index (χ0n) is 13.6. The third-order valence-corrected chi connectivity index (χ3v) is 5.35. The summed E-state index contributed by atoms with van der Waals surface area (Å²) in [6, 6.07) is 1.27. The van der Waals surface area contributed by atoms with Crippen LogP contribution in [0.4, 0.5) is 0 Å². The molecule has 124 valence electrons. The normalized spacial score (nSPS) is 20.6. The van der Waals surface area contributed by atoms with Gasteiger partial charge in [0.1, 0.15) is 17.6 Å². The van der Waals surface area contributed by atoms with E-state index in [1.165, 1.54) is 0 Å². The van der Waals surface area contributed by atoms with Crippen molar-refractivity contribution in [2.24, 2.45) is 0 Å². The van der Waals surface area contributed by atoms with E-state index in [0.717, 1.165) is 18.7 Å². The van der Waals surface area contributed by atoms with Gasteiger partial charge >= 0.3 is 0 Å². The highest BCUT2D eigenvalue weighted by Crippen LogP contribution is 2.37. The minimum Gasteiger partial charge on any atom is -0.341 e. The standard InChI is InChI=1S/C16H22N4O2S/c1-3-19(4-2)16(22)13-9-23-10-20(13)15(21)12-7-8-17-14(18-12)11-5-6-11/h7-8,11,13H,3-6,9-10H2,1-2H3/t13-/m0/s1. The Hall–Kier alpha value is -1.63. The Morgan fingerprint density at radius 1 is 1.35 bits per heavy atom. The van der Waals surface area contributed by atoms with Crippen LogP contribution in [-0.4, -0.2) is 62.3 Å². The quantitative estimate of drug-likeness (QED) is 0.820. The van der Waals surface area contributed by atoms with Gasteiger partial charge in [-0.25, -0.2) is 9.97 Å². The van der Waals surface area contributed by atoms with Crippen molar-refractivity contribution in [1.82, 2.24) is 19.8 Å². The summed E-state index contributed by atoms with van der Waals surface area (Å²) in [4.78, 5) is 37.6. The predicted molar refractivity (Wildman–Crippen MR) is 89.2 cm³/mol. The van der Waals surface area contributed by atoms with E-state index < -0.39 is 0 Å². The van der Waals surface area contributed by atoms with E-state index in [2.05, 4.69) is 9.97 Å². The summed E-state index contributed by atoms with van der Waals surface area (Å²) in [5.41, 5.74) is 0.404. The zero-order valence-corrected chi connectivity index (χ0v) is 14.4. The largest absolute Gasteiger partial charge is 0.341 e. The van der Waals surface area contributed by atoms with Gasteiger partial charge in [0.2, 0.25) is 5.91 Å². The number of aromatic nitrogens is 2. The van der Waals surface area contributed by atoms with Crippen LogP contribution in [0.25, 0.3) is 0 Å². The van der Waals surface area contributed by atoms with Crippen LogP contribution in [0.5, 0.6) is 0 Å². The van der Waals surface area contributed by atoms with E-state index in [1.807, 2.05) is 13.8 Å². The van der Waals surface area contributed by atoms with Crippen molar-refractivity contribution in [1.29, 1.82) is 0 Å². The van der Waals surface area contributed by atoms with Gasteiger partial charge in [-0.05, 0) is 32.8 Å². The first kappa shape index (κ1) is 16.2. The molecule has 0 radical (unpaired) electrons. The fourth-order valence-corrected chi connectivity index (χ4v) is 3.92. The van der Waals surface area contributed by atoms with Crippen LogP contribution in [0.15, 0.2) is 12.3 Å². The van der Waals surface area contributed by atoms with E-state index in [-0.39, 0.29) is 17.9 Å². The molecule has 23 heavy (non-hydrogen) atoms. The van der Waals surface area contributed by atoms with Gasteiger partial charge in [-0.2, -0.15) is 0 Å². The first-order valence-electron chi connectivity index (χ1n) is 8.16. The molecule has 1 aromatic heterocycles. The molecule has 7 heteroatoms. The van der Waals surface area contributed by atoms with E-state index in [9.17, 15) is 9.59 Å². The molecule has 3 rings (SSSR count). The van der Waals surface area contributed by atoms with Crippen molar-refractivity contribution in [3.05, 3.63) is 23.8 Å². The summed E-state index contributed by atoms with van der Waals surface area (Å²) in [5.74, 6) is 2.23. The molecule has 0 spiro atoms. The van der Waals surface area contributed by atoms with Gasteiger partial charge in [0.15, 0.2) is 0 Å². The maximum Gasteiger partial charge on any atom is 0.273 e. The lowest BCUT2D eigenvalue weighted by Crippen LogP contribution is -2.49. The Morgan fingerprint density at radius 2 is 2.09 bits per heavy atom. The van der Waals surface area contributed by atoms with Crippen LogP contribution in [-0.2, 0) is 4.79 Å². The maximum atomic E-state index is 12.8. The summed E-state index contributed by atoms with van der Waals surface area (Å²) in [6.45, 7) is 5.25. The van der Waals surface area contributed by atoms with Gasteiger partial charge in [-0.15, -0.1) is 11.8 Å². The van der Waals surface area contributed by atoms with Crippen LogP contribution in [0.2, 0.25) is 0 Å². The number of amides is 2. The zero-order chi connectivity index (χ0) is 16.4. The predicted octanol–water partition coefficient (Wildman–Crippen LogP) is 1.74. The lowest BCUT2D eigenvalue weighted by atomic mass is 10.2. The summed E-state index contributed by atoms with van der Waals surface area (Å²) < 4.78 is 0. The van der Waals surface area contributed by atoms with Gasteiger partial charge in [0.25, 0.3) is 5.91 Å². The smallest absolute Gasteiger partial charge is 0.273 e. The van der Waals surface area contributed by atoms with E-state index >= 15 is 0 Å². The highest BCUT2D eigenvalue weighted by atomic mass is 32.2. The molecule has 1 saturated heterocycles. The molecule has 0 bridgehead atoms. The SMILES string of the molecule is CCN(CC)C(=O)[C@@H]1CSCN1C(=O)c1ccnc(C2CC2)n1. The van der Waals surface area contributed by atoms with Gasteiger partial charge in [0.05, 0.1) is 5.88 Å². The van der Waals surface area contributed by atoms with Crippen LogP contribution in [0.3, 0.4) is 0 Å². The molecule has 0 N–H and O–H groups in total. The summed E-state index contributed by atoms with van der Waals surface area (Å²) >= 11 is 1.62. The molecule has 1 saturated carbocycles. The molecular formula is C16H22N4O2S. The van der Waals surface area contributed by atoms with Crippen LogP contribution < -0.4 is 0 Å². The molecule has 1 atom stereocenters. The second-order valence-corrected chi connectivity index (χ2v) is 6.88. The lowest BCUT2D eigenvalue weighted by molar-refractivity contribution is -0.134. The average Bonchev–Trinajstić information content (AvgIpc) is 3.32. The fourth-order valence-electron chi connectivity index (χ4n) is 2.77. The van der Waals surface area contributed by atoms with Crippen molar-refractivity contribution < 1.29 is 9.59 Å². The van der Waals surface area contributed by atoms with Gasteiger partial charge in [0, 0.05) is 31.0 Å². The minimum atomic E-state index is -0.383. The monoisotopic (exact) mass is 334 g/mol. The average molecular weight is 334 g/mol. The third kappa shape index (κ3) is 3.34. The lowest BCUT2D eigenvalue weighted by Gasteiger charge is -2.28. The Morgan fingerprint density at radius 3 is 2.74 bits per heavy atom. The molecular weight excluding hydrogens is 312 g/mol. The number of rotatable bonds is 5. The van der Waals surface area contributed by atoms with E-state index in [1.54, 1.807) is 33.8 Å². The maximum absolute atomic E-state index is 12.8. The highest BCUT2D eigenvalue weighted by Gasteiger charge is 2.37. The molecule has 1 aromatic rings. The summed E-state index contributed by atoms with van der Waals surface area (Å²) in [6.07, 6.45) is 3.85. The minimum absolute atomic E-state index is 0.0322. The molecule has 2 aliphatic rings. The van der Waals surface area contributed by atoms with E-state index in [0.29, 0.717) is 36.3 Å². The Balaban J connectivity index is 1.77. The second kappa shape index (κ2) is 6.86. The van der Waals surface area contributed by atoms with Gasteiger partial charge < -0.3 is 9.80 Å². The van der Waals surface area contributed by atoms with E-state index in [4.69, 9.17) is 0 Å². The first-order valence-corrected chi connectivity index (χ1v) is 9.31. The van der Waals surface area contributed by atoms with Crippen molar-refractivity contribution in [3.8, 4) is 0 Å². The summed E-state index contributed by atoms with van der Waals surface area (Å²) in [5, 5.41) is 0. The molecule has 0 unspecified atom stereocenters. The Kier molecular flexibility index (Phi) is 4.84. The number of hydrogen-bond acceptors (Lipinski definition) is 5. The number of carbonyl (C=O) groups is 2. The molecule has 0 aromatic carbocycles. The number of hydrogen-bond donors (Lipinski definition) is 0. The van der Waals surface area contributed by atoms with Crippen molar-refractivity contribution >= 4 is 23.6 Å². The molecule has 1 aliphatic carbocycles. The number of thioether (sulfide) groups is 1. The number of likely N-dealkylation sites (N-methyl/N-ethyl adjacent to an activating group) is 1. The molecule has 2 fully saturated rings. The topological polar surface area (TPSA) is 66.4 Å². The fraction of sp³-hybridized carbons (Fsp3) is 0.625. The molecule has 1 aliphatic heterocycles. The van der Waals surface area contributed by atoms with Crippen molar-refractivity contribution in [2.45, 2.75) is 38.6 Å². The Labute approximate surface area is 140 Å². The molecule has 2 amide bonds. The molecule has 6 nitrogen and oxygen atoms in total. The van der Waals surface area contributed by atoms with Crippen LogP contribution in [0.1, 0.15) is 48.9 Å².